The summed E-state index contributed by atoms with van der Waals surface area (Å²) in [5.74, 6) is 1.51. The molecule has 0 bridgehead atoms. The number of hydrogen-bond acceptors (Lipinski definition) is 3. The van der Waals surface area contributed by atoms with Crippen LogP contribution in [0.1, 0.15) is 43.2 Å². The summed E-state index contributed by atoms with van der Waals surface area (Å²) < 4.78 is 0. The number of amides is 2. The Labute approximate surface area is 163 Å². The minimum atomic E-state index is -0.144. The van der Waals surface area contributed by atoms with Gasteiger partial charge in [-0.2, -0.15) is 0 Å². The molecule has 1 aromatic carbocycles. The topological polar surface area (TPSA) is 52.7 Å². The van der Waals surface area contributed by atoms with Crippen molar-refractivity contribution in [3.8, 4) is 0 Å². The molecule has 2 amide bonds. The van der Waals surface area contributed by atoms with Gasteiger partial charge >= 0.3 is 0 Å². The van der Waals surface area contributed by atoms with Crippen LogP contribution < -0.4 is 5.32 Å². The monoisotopic (exact) mass is 371 g/mol. The van der Waals surface area contributed by atoms with Crippen molar-refractivity contribution in [2.75, 3.05) is 38.5 Å². The number of carbonyl (C=O) groups is 2. The molecule has 5 nitrogen and oxygen atoms in total. The van der Waals surface area contributed by atoms with Crippen molar-refractivity contribution in [1.29, 1.82) is 0 Å². The maximum atomic E-state index is 12.6. The minimum absolute atomic E-state index is 0.0286. The first-order valence-corrected chi connectivity index (χ1v) is 10.3. The fourth-order valence-corrected chi connectivity index (χ4v) is 4.63. The number of para-hydroxylation sites is 1. The number of carbonyl (C=O) groups excluding carboxylic acids is 2. The molecule has 0 spiro atoms. The van der Waals surface area contributed by atoms with Crippen LogP contribution in [0, 0.1) is 25.7 Å². The fraction of sp³-hybridized carbons (Fsp3) is 0.636. The van der Waals surface area contributed by atoms with Crippen molar-refractivity contribution in [2.24, 2.45) is 11.8 Å². The van der Waals surface area contributed by atoms with E-state index >= 15 is 0 Å². The highest BCUT2D eigenvalue weighted by molar-refractivity contribution is 5.95. The second-order valence-corrected chi connectivity index (χ2v) is 8.39. The predicted molar refractivity (Wildman–Crippen MR) is 109 cm³/mol. The van der Waals surface area contributed by atoms with E-state index in [1.807, 2.05) is 32.0 Å². The molecule has 5 heteroatoms. The summed E-state index contributed by atoms with van der Waals surface area (Å²) in [7, 11) is 1.72. The zero-order valence-electron chi connectivity index (χ0n) is 17.0. The molecule has 1 N–H and O–H groups in total. The Hall–Kier alpha value is -1.88. The smallest absolute Gasteiger partial charge is 0.243 e. The highest BCUT2D eigenvalue weighted by atomic mass is 16.2. The summed E-state index contributed by atoms with van der Waals surface area (Å²) in [5.41, 5.74) is 2.92. The lowest BCUT2D eigenvalue weighted by Crippen LogP contribution is -2.47. The third kappa shape index (κ3) is 5.10. The van der Waals surface area contributed by atoms with Gasteiger partial charge in [0.2, 0.25) is 11.8 Å². The summed E-state index contributed by atoms with van der Waals surface area (Å²) in [6.45, 7) is 6.52. The normalized spacial score (nSPS) is 22.8. The van der Waals surface area contributed by atoms with Crippen LogP contribution in [0.3, 0.4) is 0 Å². The van der Waals surface area contributed by atoms with Gasteiger partial charge in [-0.1, -0.05) is 37.5 Å². The van der Waals surface area contributed by atoms with E-state index in [2.05, 4.69) is 10.2 Å². The zero-order valence-corrected chi connectivity index (χ0v) is 17.0. The van der Waals surface area contributed by atoms with Crippen molar-refractivity contribution in [3.05, 3.63) is 29.3 Å². The van der Waals surface area contributed by atoms with Crippen molar-refractivity contribution in [2.45, 2.75) is 46.0 Å². The number of anilines is 1. The number of hydrogen-bond donors (Lipinski definition) is 1. The number of rotatable bonds is 5. The lowest BCUT2D eigenvalue weighted by atomic mass is 9.75. The number of likely N-dealkylation sites (N-methyl/N-ethyl adjacent to an activating group) is 1. The molecular weight excluding hydrogens is 338 g/mol. The van der Waals surface area contributed by atoms with E-state index in [-0.39, 0.29) is 18.4 Å². The van der Waals surface area contributed by atoms with E-state index in [0.29, 0.717) is 6.54 Å². The van der Waals surface area contributed by atoms with Gasteiger partial charge in [-0.3, -0.25) is 14.5 Å². The van der Waals surface area contributed by atoms with Crippen LogP contribution in [0.5, 0.6) is 0 Å². The van der Waals surface area contributed by atoms with E-state index in [9.17, 15) is 9.59 Å². The number of fused-ring (bicyclic) bond motifs is 1. The van der Waals surface area contributed by atoms with E-state index in [0.717, 1.165) is 41.7 Å². The first-order valence-electron chi connectivity index (χ1n) is 10.3. The summed E-state index contributed by atoms with van der Waals surface area (Å²) in [4.78, 5) is 28.8. The van der Waals surface area contributed by atoms with Gasteiger partial charge in [0.1, 0.15) is 0 Å². The van der Waals surface area contributed by atoms with Gasteiger partial charge in [-0.05, 0) is 56.2 Å². The summed E-state index contributed by atoms with van der Waals surface area (Å²) >= 11 is 0. The SMILES string of the molecule is Cc1cccc(C)c1NC(=O)CN(C)C(=O)CN1CC[C@H]2CCCC[C@@H]2C1. The first-order chi connectivity index (χ1) is 12.9. The van der Waals surface area contributed by atoms with E-state index < -0.39 is 0 Å². The molecule has 1 saturated carbocycles. The quantitative estimate of drug-likeness (QED) is 0.865. The van der Waals surface area contributed by atoms with Crippen LogP contribution in [0.15, 0.2) is 18.2 Å². The minimum Gasteiger partial charge on any atom is -0.335 e. The van der Waals surface area contributed by atoms with Gasteiger partial charge in [0.15, 0.2) is 0 Å². The van der Waals surface area contributed by atoms with Gasteiger partial charge in [0.05, 0.1) is 13.1 Å². The van der Waals surface area contributed by atoms with Crippen molar-refractivity contribution < 1.29 is 9.59 Å². The average Bonchev–Trinajstić information content (AvgIpc) is 2.64. The molecule has 3 rings (SSSR count). The number of nitrogens with one attached hydrogen (secondary N) is 1. The lowest BCUT2D eigenvalue weighted by Gasteiger charge is -2.41. The lowest BCUT2D eigenvalue weighted by molar-refractivity contribution is -0.135. The molecular formula is C22H33N3O2. The van der Waals surface area contributed by atoms with Crippen molar-refractivity contribution in [1.82, 2.24) is 9.80 Å². The maximum Gasteiger partial charge on any atom is 0.243 e. The van der Waals surface area contributed by atoms with Gasteiger partial charge in [0, 0.05) is 19.3 Å². The Kier molecular flexibility index (Phi) is 6.53. The largest absolute Gasteiger partial charge is 0.335 e. The summed E-state index contributed by atoms with van der Waals surface area (Å²) in [6, 6.07) is 5.93. The molecule has 1 heterocycles. The van der Waals surface area contributed by atoms with Crippen LogP contribution >= 0.6 is 0 Å². The van der Waals surface area contributed by atoms with Gasteiger partial charge < -0.3 is 10.2 Å². The Bertz CT molecular complexity index is 668. The van der Waals surface area contributed by atoms with Crippen molar-refractivity contribution in [3.63, 3.8) is 0 Å². The average molecular weight is 372 g/mol. The van der Waals surface area contributed by atoms with Gasteiger partial charge in [-0.15, -0.1) is 0 Å². The second-order valence-electron chi connectivity index (χ2n) is 8.39. The molecule has 1 aliphatic carbocycles. The van der Waals surface area contributed by atoms with E-state index in [4.69, 9.17) is 0 Å². The number of piperidine rings is 1. The Morgan fingerprint density at radius 2 is 1.78 bits per heavy atom. The van der Waals surface area contributed by atoms with E-state index in [1.165, 1.54) is 32.1 Å². The third-order valence-corrected chi connectivity index (χ3v) is 6.29. The molecule has 1 aromatic rings. The standard InChI is InChI=1S/C22H33N3O2/c1-16-7-6-8-17(2)22(16)23-20(26)14-24(3)21(27)15-25-12-11-18-9-4-5-10-19(18)13-25/h6-8,18-19H,4-5,9-15H2,1-3H3,(H,23,26)/t18-,19-/m1/s1. The van der Waals surface area contributed by atoms with Crippen LogP contribution in [0.25, 0.3) is 0 Å². The van der Waals surface area contributed by atoms with Crippen LogP contribution in [-0.4, -0.2) is 54.8 Å². The molecule has 148 valence electrons. The van der Waals surface area contributed by atoms with E-state index in [1.54, 1.807) is 11.9 Å². The first kappa shape index (κ1) is 19.9. The summed E-state index contributed by atoms with van der Waals surface area (Å²) in [6.07, 6.45) is 6.60. The van der Waals surface area contributed by atoms with Gasteiger partial charge in [-0.25, -0.2) is 0 Å². The number of nitrogens with zero attached hydrogens (tertiary/aromatic N) is 2. The molecule has 2 atom stereocenters. The second kappa shape index (κ2) is 8.87. The number of benzene rings is 1. The molecule has 0 aromatic heterocycles. The van der Waals surface area contributed by atoms with Crippen molar-refractivity contribution >= 4 is 17.5 Å². The maximum absolute atomic E-state index is 12.6. The fourth-order valence-electron chi connectivity index (χ4n) is 4.63. The molecule has 0 unspecified atom stereocenters. The Balaban J connectivity index is 1.48. The molecule has 0 radical (unpaired) electrons. The molecule has 1 saturated heterocycles. The van der Waals surface area contributed by atoms with Crippen LogP contribution in [-0.2, 0) is 9.59 Å². The highest BCUT2D eigenvalue weighted by Crippen LogP contribution is 2.35. The highest BCUT2D eigenvalue weighted by Gasteiger charge is 2.32. The molecule has 27 heavy (non-hydrogen) atoms. The summed E-state index contributed by atoms with van der Waals surface area (Å²) in [5, 5.41) is 2.96. The van der Waals surface area contributed by atoms with Crippen LogP contribution in [0.4, 0.5) is 5.69 Å². The predicted octanol–water partition coefficient (Wildman–Crippen LogP) is 3.21. The van der Waals surface area contributed by atoms with Crippen LogP contribution in [0.2, 0.25) is 0 Å². The van der Waals surface area contributed by atoms with Gasteiger partial charge in [0.25, 0.3) is 0 Å². The number of likely N-dealkylation sites (tertiary alicyclic amines) is 1. The zero-order chi connectivity index (χ0) is 19.4. The molecule has 2 aliphatic rings. The molecule has 2 fully saturated rings. The Morgan fingerprint density at radius 3 is 2.48 bits per heavy atom. The Morgan fingerprint density at radius 1 is 1.11 bits per heavy atom. The third-order valence-electron chi connectivity index (χ3n) is 6.29. The molecule has 1 aliphatic heterocycles. The number of aryl methyl sites for hydroxylation is 2.